The number of hydrogen-bond donors (Lipinski definition) is 2. The summed E-state index contributed by atoms with van der Waals surface area (Å²) in [6, 6.07) is 7.92. The molecular formula is C14H18N4O. The third kappa shape index (κ3) is 3.04. The van der Waals surface area contributed by atoms with Gasteiger partial charge in [-0.3, -0.25) is 10.6 Å². The molecule has 19 heavy (non-hydrogen) atoms. The van der Waals surface area contributed by atoms with Crippen LogP contribution in [-0.2, 0) is 0 Å². The monoisotopic (exact) mass is 258 g/mol. The molecule has 0 spiro atoms. The number of anilines is 1. The van der Waals surface area contributed by atoms with E-state index in [0.29, 0.717) is 24.2 Å². The second-order valence-corrected chi connectivity index (χ2v) is 4.83. The van der Waals surface area contributed by atoms with Crippen molar-refractivity contribution in [3.63, 3.8) is 0 Å². The Balaban J connectivity index is 2.25. The van der Waals surface area contributed by atoms with Gasteiger partial charge in [0.2, 0.25) is 0 Å². The molecule has 1 aliphatic rings. The Kier molecular flexibility index (Phi) is 4.03. The molecule has 0 aliphatic heterocycles. The maximum Gasteiger partial charge on any atom is 0.256 e. The number of amides is 1. The zero-order valence-corrected chi connectivity index (χ0v) is 11.0. The van der Waals surface area contributed by atoms with Crippen LogP contribution in [0.4, 0.5) is 5.69 Å². The summed E-state index contributed by atoms with van der Waals surface area (Å²) < 4.78 is 0. The normalized spacial score (nSPS) is 13.7. The number of carbonyl (C=O) groups is 1. The Bertz CT molecular complexity index is 517. The topological polar surface area (TPSA) is 82.2 Å². The first-order chi connectivity index (χ1) is 9.17. The number of rotatable bonds is 5. The van der Waals surface area contributed by atoms with Gasteiger partial charge in [-0.15, -0.1) is 0 Å². The fourth-order valence-corrected chi connectivity index (χ4v) is 2.12. The van der Waals surface area contributed by atoms with Crippen LogP contribution < -0.4 is 11.3 Å². The Morgan fingerprint density at radius 3 is 2.89 bits per heavy atom. The van der Waals surface area contributed by atoms with E-state index in [1.54, 1.807) is 11.0 Å². The fourth-order valence-electron chi connectivity index (χ4n) is 2.12. The summed E-state index contributed by atoms with van der Waals surface area (Å²) in [7, 11) is 0. The number of nitrogens with two attached hydrogens (primary N) is 1. The first kappa shape index (κ1) is 13.4. The van der Waals surface area contributed by atoms with Gasteiger partial charge >= 0.3 is 0 Å². The van der Waals surface area contributed by atoms with E-state index >= 15 is 0 Å². The molecule has 0 saturated heterocycles. The highest BCUT2D eigenvalue weighted by Gasteiger charge is 2.33. The lowest BCUT2D eigenvalue weighted by atomic mass is 10.1. The molecule has 0 heterocycles. The van der Waals surface area contributed by atoms with Crippen molar-refractivity contribution in [3.8, 4) is 6.07 Å². The van der Waals surface area contributed by atoms with Crippen molar-refractivity contribution in [2.24, 2.45) is 5.84 Å². The van der Waals surface area contributed by atoms with Crippen molar-refractivity contribution in [1.82, 2.24) is 4.90 Å². The zero-order chi connectivity index (χ0) is 13.8. The Labute approximate surface area is 113 Å². The molecular weight excluding hydrogens is 240 g/mol. The Hall–Kier alpha value is -2.06. The van der Waals surface area contributed by atoms with E-state index < -0.39 is 0 Å². The largest absolute Gasteiger partial charge is 0.335 e. The van der Waals surface area contributed by atoms with E-state index in [2.05, 4.69) is 11.5 Å². The van der Waals surface area contributed by atoms with Crippen molar-refractivity contribution in [1.29, 1.82) is 5.26 Å². The number of hydrazine groups is 1. The molecule has 1 saturated carbocycles. The number of hydrogen-bond acceptors (Lipinski definition) is 4. The number of nitrogens with zero attached hydrogens (tertiary/aromatic N) is 2. The highest BCUT2D eigenvalue weighted by molar-refractivity contribution is 6.00. The van der Waals surface area contributed by atoms with Crippen LogP contribution in [0.15, 0.2) is 18.2 Å². The summed E-state index contributed by atoms with van der Waals surface area (Å²) in [4.78, 5) is 14.4. The van der Waals surface area contributed by atoms with Crippen molar-refractivity contribution < 1.29 is 4.79 Å². The average molecular weight is 258 g/mol. The molecule has 1 aliphatic carbocycles. The minimum atomic E-state index is -0.0469. The minimum absolute atomic E-state index is 0.0469. The molecule has 5 nitrogen and oxygen atoms in total. The Morgan fingerprint density at radius 1 is 1.58 bits per heavy atom. The van der Waals surface area contributed by atoms with Crippen LogP contribution in [0.1, 0.15) is 35.2 Å². The molecule has 1 fully saturated rings. The summed E-state index contributed by atoms with van der Waals surface area (Å²) >= 11 is 0. The van der Waals surface area contributed by atoms with Crippen molar-refractivity contribution in [3.05, 3.63) is 29.3 Å². The fraction of sp³-hybridized carbons (Fsp3) is 0.429. The molecule has 0 unspecified atom stereocenters. The van der Waals surface area contributed by atoms with Gasteiger partial charge in [-0.1, -0.05) is 11.6 Å². The third-order valence-corrected chi connectivity index (χ3v) is 3.27. The third-order valence-electron chi connectivity index (χ3n) is 3.27. The summed E-state index contributed by atoms with van der Waals surface area (Å²) in [6.07, 6.45) is 2.40. The quantitative estimate of drug-likeness (QED) is 0.623. The lowest BCUT2D eigenvalue weighted by Crippen LogP contribution is -2.34. The maximum atomic E-state index is 12.6. The molecule has 3 N–H and O–H groups in total. The number of aryl methyl sites for hydroxylation is 1. The predicted molar refractivity (Wildman–Crippen MR) is 73.3 cm³/mol. The highest BCUT2D eigenvalue weighted by atomic mass is 16.2. The SMILES string of the molecule is Cc1ccc(NN)c(C(=O)N(CCC#N)C2CC2)c1. The second kappa shape index (κ2) is 5.72. The van der Waals surface area contributed by atoms with E-state index in [1.165, 1.54) is 0 Å². The first-order valence-corrected chi connectivity index (χ1v) is 6.42. The maximum absolute atomic E-state index is 12.6. The smallest absolute Gasteiger partial charge is 0.256 e. The van der Waals surface area contributed by atoms with Gasteiger partial charge in [0, 0.05) is 12.6 Å². The van der Waals surface area contributed by atoms with Gasteiger partial charge in [0.05, 0.1) is 23.7 Å². The summed E-state index contributed by atoms with van der Waals surface area (Å²) in [5, 5.41) is 8.69. The van der Waals surface area contributed by atoms with Crippen LogP contribution in [0.2, 0.25) is 0 Å². The minimum Gasteiger partial charge on any atom is -0.335 e. The van der Waals surface area contributed by atoms with Crippen molar-refractivity contribution in [2.75, 3.05) is 12.0 Å². The van der Waals surface area contributed by atoms with Gasteiger partial charge in [-0.2, -0.15) is 5.26 Å². The lowest BCUT2D eigenvalue weighted by Gasteiger charge is -2.22. The molecule has 100 valence electrons. The van der Waals surface area contributed by atoms with Crippen molar-refractivity contribution >= 4 is 11.6 Å². The molecule has 0 bridgehead atoms. The molecule has 0 atom stereocenters. The van der Waals surface area contributed by atoms with Crippen LogP contribution in [0.25, 0.3) is 0 Å². The van der Waals surface area contributed by atoms with Gasteiger partial charge in [0.15, 0.2) is 0 Å². The van der Waals surface area contributed by atoms with Gasteiger partial charge in [-0.05, 0) is 31.9 Å². The average Bonchev–Trinajstić information content (AvgIpc) is 3.23. The number of carbonyl (C=O) groups excluding carboxylic acids is 1. The van der Waals surface area contributed by atoms with Crippen molar-refractivity contribution in [2.45, 2.75) is 32.2 Å². The van der Waals surface area contributed by atoms with Crippen LogP contribution >= 0.6 is 0 Å². The lowest BCUT2D eigenvalue weighted by molar-refractivity contribution is 0.0747. The number of nitriles is 1. The van der Waals surface area contributed by atoms with Crippen LogP contribution in [0.5, 0.6) is 0 Å². The van der Waals surface area contributed by atoms with E-state index in [-0.39, 0.29) is 11.9 Å². The molecule has 2 rings (SSSR count). The second-order valence-electron chi connectivity index (χ2n) is 4.83. The van der Waals surface area contributed by atoms with Gasteiger partial charge < -0.3 is 10.3 Å². The molecule has 1 amide bonds. The van der Waals surface area contributed by atoms with E-state index in [4.69, 9.17) is 11.1 Å². The number of nitrogen functional groups attached to an aromatic ring is 1. The molecule has 1 aromatic carbocycles. The Morgan fingerprint density at radius 2 is 2.32 bits per heavy atom. The molecule has 0 radical (unpaired) electrons. The number of nitrogens with one attached hydrogen (secondary N) is 1. The van der Waals surface area contributed by atoms with E-state index in [0.717, 1.165) is 18.4 Å². The first-order valence-electron chi connectivity index (χ1n) is 6.42. The zero-order valence-electron chi connectivity index (χ0n) is 11.0. The predicted octanol–water partition coefficient (Wildman–Crippen LogP) is 1.80. The van der Waals surface area contributed by atoms with Crippen LogP contribution in [0.3, 0.4) is 0 Å². The van der Waals surface area contributed by atoms with E-state index in [1.807, 2.05) is 19.1 Å². The molecule has 5 heteroatoms. The van der Waals surface area contributed by atoms with E-state index in [9.17, 15) is 4.79 Å². The highest BCUT2D eigenvalue weighted by Crippen LogP contribution is 2.30. The number of benzene rings is 1. The van der Waals surface area contributed by atoms with Gasteiger partial charge in [0.25, 0.3) is 5.91 Å². The van der Waals surface area contributed by atoms with Gasteiger partial charge in [0.1, 0.15) is 0 Å². The molecule has 1 aromatic rings. The molecule has 0 aromatic heterocycles. The summed E-state index contributed by atoms with van der Waals surface area (Å²) in [5.74, 6) is 5.41. The summed E-state index contributed by atoms with van der Waals surface area (Å²) in [6.45, 7) is 2.42. The van der Waals surface area contributed by atoms with Gasteiger partial charge in [-0.25, -0.2) is 0 Å². The van der Waals surface area contributed by atoms with Crippen LogP contribution in [-0.4, -0.2) is 23.4 Å². The summed E-state index contributed by atoms with van der Waals surface area (Å²) in [5.41, 5.74) is 4.77. The standard InChI is InChI=1S/C14H18N4O/c1-10-3-6-13(17-16)12(9-10)14(19)18(8-2-7-15)11-4-5-11/h3,6,9,11,17H,2,4-5,8,16H2,1H3. The van der Waals surface area contributed by atoms with Crippen LogP contribution in [0, 0.1) is 18.3 Å².